The van der Waals surface area contributed by atoms with Gasteiger partial charge >= 0.3 is 0 Å². The lowest BCUT2D eigenvalue weighted by Gasteiger charge is -2.07. The first-order valence-electron chi connectivity index (χ1n) is 8.38. The van der Waals surface area contributed by atoms with Gasteiger partial charge in [-0.3, -0.25) is 9.59 Å². The van der Waals surface area contributed by atoms with Crippen LogP contribution in [0.15, 0.2) is 35.1 Å². The molecule has 1 aromatic carbocycles. The standard InChI is InChI=1S/C18H20N4O2S2/c1-3-6-16-21-22-17(24)9-13(19-18(22)26-16)10-25-11-15(23)20-14-8-5-4-7-12(14)2/h4-5,7-9H,3,6,10-11H2,1-2H3,(H,20,23). The van der Waals surface area contributed by atoms with Crippen LogP contribution in [0.3, 0.4) is 0 Å². The summed E-state index contributed by atoms with van der Waals surface area (Å²) < 4.78 is 1.36. The Morgan fingerprint density at radius 2 is 2.15 bits per heavy atom. The monoisotopic (exact) mass is 388 g/mol. The number of aryl methyl sites for hydroxylation is 2. The van der Waals surface area contributed by atoms with Gasteiger partial charge in [0.1, 0.15) is 5.01 Å². The molecule has 0 saturated carbocycles. The quantitative estimate of drug-likeness (QED) is 0.672. The lowest BCUT2D eigenvalue weighted by molar-refractivity contribution is -0.113. The first-order valence-corrected chi connectivity index (χ1v) is 10.4. The van der Waals surface area contributed by atoms with Gasteiger partial charge in [-0.15, -0.1) is 11.8 Å². The smallest absolute Gasteiger partial charge is 0.275 e. The second-order valence-electron chi connectivity index (χ2n) is 5.88. The number of anilines is 1. The van der Waals surface area contributed by atoms with E-state index in [2.05, 4.69) is 22.3 Å². The fourth-order valence-electron chi connectivity index (χ4n) is 2.43. The molecule has 1 amide bonds. The number of amides is 1. The van der Waals surface area contributed by atoms with Gasteiger partial charge in [0.25, 0.3) is 5.56 Å². The highest BCUT2D eigenvalue weighted by atomic mass is 32.2. The molecule has 0 radical (unpaired) electrons. The Hall–Kier alpha value is -2.19. The lowest BCUT2D eigenvalue weighted by atomic mass is 10.2. The number of benzene rings is 1. The van der Waals surface area contributed by atoms with E-state index in [1.165, 1.54) is 33.7 Å². The number of rotatable bonds is 7. The molecule has 3 aromatic rings. The van der Waals surface area contributed by atoms with E-state index in [4.69, 9.17) is 0 Å². The van der Waals surface area contributed by atoms with E-state index in [0.717, 1.165) is 29.1 Å². The predicted molar refractivity (Wildman–Crippen MR) is 107 cm³/mol. The summed E-state index contributed by atoms with van der Waals surface area (Å²) in [5, 5.41) is 8.11. The molecule has 0 aliphatic rings. The zero-order chi connectivity index (χ0) is 18.5. The van der Waals surface area contributed by atoms with E-state index in [-0.39, 0.29) is 11.5 Å². The van der Waals surface area contributed by atoms with Crippen molar-refractivity contribution in [2.75, 3.05) is 11.1 Å². The molecular formula is C18H20N4O2S2. The molecule has 136 valence electrons. The van der Waals surface area contributed by atoms with Crippen LogP contribution in [-0.2, 0) is 17.0 Å². The van der Waals surface area contributed by atoms with E-state index >= 15 is 0 Å². The highest BCUT2D eigenvalue weighted by Crippen LogP contribution is 2.17. The van der Waals surface area contributed by atoms with Crippen molar-refractivity contribution in [3.63, 3.8) is 0 Å². The molecule has 0 aliphatic carbocycles. The van der Waals surface area contributed by atoms with Crippen LogP contribution in [0, 0.1) is 6.92 Å². The van der Waals surface area contributed by atoms with Crippen molar-refractivity contribution in [2.45, 2.75) is 32.4 Å². The molecule has 2 aromatic heterocycles. The molecule has 1 N–H and O–H groups in total. The number of nitrogens with zero attached hydrogens (tertiary/aromatic N) is 3. The summed E-state index contributed by atoms with van der Waals surface area (Å²) in [4.78, 5) is 29.4. The van der Waals surface area contributed by atoms with Crippen molar-refractivity contribution in [2.24, 2.45) is 0 Å². The number of thioether (sulfide) groups is 1. The maximum atomic E-state index is 12.2. The number of aromatic nitrogens is 3. The van der Waals surface area contributed by atoms with Crippen LogP contribution in [0.4, 0.5) is 5.69 Å². The topological polar surface area (TPSA) is 76.4 Å². The van der Waals surface area contributed by atoms with Crippen molar-refractivity contribution in [3.8, 4) is 0 Å². The number of hydrogen-bond acceptors (Lipinski definition) is 6. The number of carbonyl (C=O) groups is 1. The van der Waals surface area contributed by atoms with E-state index in [0.29, 0.717) is 22.2 Å². The summed E-state index contributed by atoms with van der Waals surface area (Å²) in [5.41, 5.74) is 2.35. The van der Waals surface area contributed by atoms with Gasteiger partial charge in [0.15, 0.2) is 0 Å². The molecule has 0 fully saturated rings. The summed E-state index contributed by atoms with van der Waals surface area (Å²) in [6, 6.07) is 9.16. The Bertz CT molecular complexity index is 981. The average Bonchev–Trinajstić information content (AvgIpc) is 3.00. The SMILES string of the molecule is CCCc1nn2c(=O)cc(CSCC(=O)Nc3ccccc3C)nc2s1. The minimum absolute atomic E-state index is 0.0647. The van der Waals surface area contributed by atoms with Crippen molar-refractivity contribution in [1.82, 2.24) is 14.6 Å². The summed E-state index contributed by atoms with van der Waals surface area (Å²) in [6.07, 6.45) is 1.82. The molecule has 8 heteroatoms. The van der Waals surface area contributed by atoms with Gasteiger partial charge in [0, 0.05) is 23.9 Å². The minimum Gasteiger partial charge on any atom is -0.325 e. The fraction of sp³-hybridized carbons (Fsp3) is 0.333. The van der Waals surface area contributed by atoms with Crippen molar-refractivity contribution in [1.29, 1.82) is 0 Å². The Balaban J connectivity index is 1.60. The van der Waals surface area contributed by atoms with Gasteiger partial charge in [-0.1, -0.05) is 36.5 Å². The molecular weight excluding hydrogens is 368 g/mol. The van der Waals surface area contributed by atoms with E-state index in [9.17, 15) is 9.59 Å². The Kier molecular flexibility index (Phi) is 6.05. The van der Waals surface area contributed by atoms with E-state index < -0.39 is 0 Å². The Morgan fingerprint density at radius 3 is 2.92 bits per heavy atom. The van der Waals surface area contributed by atoms with Crippen LogP contribution in [0.25, 0.3) is 4.96 Å². The second-order valence-corrected chi connectivity index (χ2v) is 7.91. The number of nitrogens with one attached hydrogen (secondary N) is 1. The summed E-state index contributed by atoms with van der Waals surface area (Å²) in [6.45, 7) is 4.03. The molecule has 0 atom stereocenters. The van der Waals surface area contributed by atoms with Crippen LogP contribution in [0.2, 0.25) is 0 Å². The van der Waals surface area contributed by atoms with Crippen LogP contribution >= 0.6 is 23.1 Å². The van der Waals surface area contributed by atoms with Crippen molar-refractivity contribution >= 4 is 39.7 Å². The number of fused-ring (bicyclic) bond motifs is 1. The highest BCUT2D eigenvalue weighted by molar-refractivity contribution is 7.99. The molecule has 3 rings (SSSR count). The Morgan fingerprint density at radius 1 is 1.35 bits per heavy atom. The zero-order valence-electron chi connectivity index (χ0n) is 14.7. The molecule has 6 nitrogen and oxygen atoms in total. The van der Waals surface area contributed by atoms with Gasteiger partial charge in [0.2, 0.25) is 10.9 Å². The molecule has 0 saturated heterocycles. The molecule has 0 aliphatic heterocycles. The van der Waals surface area contributed by atoms with Gasteiger partial charge in [0.05, 0.1) is 11.4 Å². The summed E-state index contributed by atoms with van der Waals surface area (Å²) >= 11 is 2.88. The predicted octanol–water partition coefficient (Wildman–Crippen LogP) is 3.28. The van der Waals surface area contributed by atoms with Crippen LogP contribution < -0.4 is 10.9 Å². The molecule has 0 spiro atoms. The third kappa shape index (κ3) is 4.50. The van der Waals surface area contributed by atoms with Gasteiger partial charge in [-0.2, -0.15) is 9.61 Å². The molecule has 26 heavy (non-hydrogen) atoms. The van der Waals surface area contributed by atoms with Gasteiger partial charge in [-0.25, -0.2) is 4.98 Å². The van der Waals surface area contributed by atoms with Crippen molar-refractivity contribution < 1.29 is 4.79 Å². The first kappa shape index (κ1) is 18.6. The normalized spacial score (nSPS) is 11.0. The van der Waals surface area contributed by atoms with Gasteiger partial charge < -0.3 is 5.32 Å². The fourth-order valence-corrected chi connectivity index (χ4v) is 4.17. The summed E-state index contributed by atoms with van der Waals surface area (Å²) in [7, 11) is 0. The Labute approximate surface area is 159 Å². The number of para-hydroxylation sites is 1. The maximum Gasteiger partial charge on any atom is 0.275 e. The lowest BCUT2D eigenvalue weighted by Crippen LogP contribution is -2.16. The highest BCUT2D eigenvalue weighted by Gasteiger charge is 2.10. The van der Waals surface area contributed by atoms with E-state index in [1.807, 2.05) is 31.2 Å². The van der Waals surface area contributed by atoms with Crippen molar-refractivity contribution in [3.05, 3.63) is 57.0 Å². The number of hydrogen-bond donors (Lipinski definition) is 1. The zero-order valence-corrected chi connectivity index (χ0v) is 16.3. The first-order chi connectivity index (χ1) is 12.6. The second kappa shape index (κ2) is 8.46. The average molecular weight is 389 g/mol. The molecule has 2 heterocycles. The largest absolute Gasteiger partial charge is 0.325 e. The minimum atomic E-state index is -0.173. The van der Waals surface area contributed by atoms with E-state index in [1.54, 1.807) is 0 Å². The van der Waals surface area contributed by atoms with Crippen LogP contribution in [0.5, 0.6) is 0 Å². The third-order valence-corrected chi connectivity index (χ3v) is 5.64. The maximum absolute atomic E-state index is 12.2. The molecule has 0 bridgehead atoms. The van der Waals surface area contributed by atoms with Crippen LogP contribution in [-0.4, -0.2) is 26.3 Å². The third-order valence-electron chi connectivity index (χ3n) is 3.71. The van der Waals surface area contributed by atoms with Crippen LogP contribution in [0.1, 0.15) is 29.6 Å². The molecule has 0 unspecified atom stereocenters. The van der Waals surface area contributed by atoms with Gasteiger partial charge in [-0.05, 0) is 25.0 Å². The number of carbonyl (C=O) groups excluding carboxylic acids is 1. The summed E-state index contributed by atoms with van der Waals surface area (Å²) in [5.74, 6) is 0.748.